The normalized spacial score (nSPS) is 12.8. The molecule has 0 saturated heterocycles. The van der Waals surface area contributed by atoms with Crippen LogP contribution in [0, 0.1) is 0 Å². The first-order valence-corrected chi connectivity index (χ1v) is 7.51. The van der Waals surface area contributed by atoms with Crippen LogP contribution in [-0.4, -0.2) is 24.1 Å². The Kier molecular flexibility index (Phi) is 9.97. The fourth-order valence-electron chi connectivity index (χ4n) is 1.17. The Bertz CT molecular complexity index is 405. The maximum atomic E-state index is 10.3. The molecule has 1 aromatic heterocycles. The second-order valence-electron chi connectivity index (χ2n) is 3.69. The molecule has 1 unspecified atom stereocenters. The molecule has 0 aliphatic carbocycles. The van der Waals surface area contributed by atoms with E-state index in [4.69, 9.17) is 4.55 Å². The lowest BCUT2D eigenvalue weighted by molar-refractivity contribution is 0.180. The fraction of sp³-hybridized carbons (Fsp3) is 0.462. The zero-order chi connectivity index (χ0) is 14.6. The third kappa shape index (κ3) is 13.0. The molecule has 108 valence electrons. The van der Waals surface area contributed by atoms with Gasteiger partial charge >= 0.3 is 10.4 Å². The van der Waals surface area contributed by atoms with E-state index in [1.54, 1.807) is 19.3 Å². The van der Waals surface area contributed by atoms with E-state index in [1.807, 2.05) is 37.3 Å². The van der Waals surface area contributed by atoms with Crippen LogP contribution in [0.2, 0.25) is 0 Å². The van der Waals surface area contributed by atoms with Crippen LogP contribution < -0.4 is 0 Å². The Morgan fingerprint density at radius 1 is 1.21 bits per heavy atom. The lowest BCUT2D eigenvalue weighted by atomic mass is 10.2. The molecule has 0 radical (unpaired) electrons. The van der Waals surface area contributed by atoms with Crippen molar-refractivity contribution < 1.29 is 17.2 Å². The van der Waals surface area contributed by atoms with Gasteiger partial charge in [-0.3, -0.25) is 9.54 Å². The van der Waals surface area contributed by atoms with Crippen LogP contribution in [0.25, 0.3) is 0 Å². The third-order valence-corrected chi connectivity index (χ3v) is 2.60. The first kappa shape index (κ1) is 17.8. The van der Waals surface area contributed by atoms with Gasteiger partial charge in [0.25, 0.3) is 0 Å². The van der Waals surface area contributed by atoms with Gasteiger partial charge in [-0.2, -0.15) is 8.42 Å². The number of nitrogens with zero attached hydrogens (tertiary/aromatic N) is 1. The molecule has 0 bridgehead atoms. The number of aromatic nitrogens is 1. The molecular formula is C13H21NO4S. The van der Waals surface area contributed by atoms with Crippen molar-refractivity contribution in [1.29, 1.82) is 0 Å². The van der Waals surface area contributed by atoms with Crippen LogP contribution in [0.1, 0.15) is 33.1 Å². The SMILES string of the molecule is CCC=CCC(CC)OS(=O)(=O)O.c1ccncc1. The zero-order valence-corrected chi connectivity index (χ0v) is 12.1. The van der Waals surface area contributed by atoms with Gasteiger partial charge in [-0.15, -0.1) is 0 Å². The predicted octanol–water partition coefficient (Wildman–Crippen LogP) is 3.02. The van der Waals surface area contributed by atoms with Crippen LogP contribution >= 0.6 is 0 Å². The van der Waals surface area contributed by atoms with Crippen molar-refractivity contribution in [2.24, 2.45) is 0 Å². The lowest BCUT2D eigenvalue weighted by Crippen LogP contribution is -2.16. The van der Waals surface area contributed by atoms with Gasteiger partial charge < -0.3 is 0 Å². The van der Waals surface area contributed by atoms with Crippen LogP contribution in [-0.2, 0) is 14.6 Å². The Hall–Kier alpha value is -1.24. The topological polar surface area (TPSA) is 76.5 Å². The summed E-state index contributed by atoms with van der Waals surface area (Å²) in [5, 5.41) is 0. The van der Waals surface area contributed by atoms with Gasteiger partial charge in [-0.25, -0.2) is 4.18 Å². The number of hydrogen-bond acceptors (Lipinski definition) is 4. The minimum absolute atomic E-state index is 0.460. The van der Waals surface area contributed by atoms with Crippen molar-refractivity contribution in [1.82, 2.24) is 4.98 Å². The summed E-state index contributed by atoms with van der Waals surface area (Å²) in [6.45, 7) is 3.79. The zero-order valence-electron chi connectivity index (χ0n) is 11.3. The highest BCUT2D eigenvalue weighted by molar-refractivity contribution is 7.80. The average Bonchev–Trinajstić information content (AvgIpc) is 2.39. The van der Waals surface area contributed by atoms with Gasteiger partial charge in [0.2, 0.25) is 0 Å². The Balaban J connectivity index is 0.000000443. The van der Waals surface area contributed by atoms with E-state index in [2.05, 4.69) is 9.17 Å². The van der Waals surface area contributed by atoms with E-state index in [1.165, 1.54) is 0 Å². The van der Waals surface area contributed by atoms with Crippen molar-refractivity contribution in [3.05, 3.63) is 42.7 Å². The van der Waals surface area contributed by atoms with E-state index < -0.39 is 16.5 Å². The van der Waals surface area contributed by atoms with Gasteiger partial charge in [0.1, 0.15) is 0 Å². The summed E-state index contributed by atoms with van der Waals surface area (Å²) >= 11 is 0. The minimum Gasteiger partial charge on any atom is -0.265 e. The van der Waals surface area contributed by atoms with Crippen molar-refractivity contribution in [2.45, 2.75) is 39.2 Å². The van der Waals surface area contributed by atoms with E-state index in [0.717, 1.165) is 6.42 Å². The third-order valence-electron chi connectivity index (χ3n) is 2.08. The Morgan fingerprint density at radius 2 is 1.84 bits per heavy atom. The molecule has 1 atom stereocenters. The molecular weight excluding hydrogens is 266 g/mol. The van der Waals surface area contributed by atoms with Crippen molar-refractivity contribution in [3.63, 3.8) is 0 Å². The quantitative estimate of drug-likeness (QED) is 0.643. The molecule has 0 aromatic carbocycles. The predicted molar refractivity (Wildman–Crippen MR) is 75.0 cm³/mol. The van der Waals surface area contributed by atoms with E-state index in [9.17, 15) is 8.42 Å². The van der Waals surface area contributed by atoms with E-state index >= 15 is 0 Å². The van der Waals surface area contributed by atoms with Gasteiger partial charge in [0, 0.05) is 12.4 Å². The molecule has 1 rings (SSSR count). The van der Waals surface area contributed by atoms with Gasteiger partial charge in [0.15, 0.2) is 0 Å². The first-order chi connectivity index (χ1) is 8.99. The molecule has 1 heterocycles. The molecule has 19 heavy (non-hydrogen) atoms. The highest BCUT2D eigenvalue weighted by Gasteiger charge is 2.13. The summed E-state index contributed by atoms with van der Waals surface area (Å²) in [4.78, 5) is 3.78. The fourth-order valence-corrected chi connectivity index (χ4v) is 1.73. The highest BCUT2D eigenvalue weighted by atomic mass is 32.3. The maximum absolute atomic E-state index is 10.3. The molecule has 0 aliphatic heterocycles. The molecule has 0 saturated carbocycles. The summed E-state index contributed by atoms with van der Waals surface area (Å²) in [7, 11) is -4.31. The maximum Gasteiger partial charge on any atom is 0.397 e. The standard InChI is InChI=1S/C8H16O4S.C5H5N/c1-3-5-6-7-8(4-2)12-13(9,10)11;1-2-4-6-5-3-1/h5-6,8H,3-4,7H2,1-2H3,(H,9,10,11);1-5H. The van der Waals surface area contributed by atoms with Crippen LogP contribution in [0.4, 0.5) is 0 Å². The minimum atomic E-state index is -4.31. The molecule has 0 fully saturated rings. The Morgan fingerprint density at radius 3 is 2.16 bits per heavy atom. The van der Waals surface area contributed by atoms with Crippen molar-refractivity contribution in [2.75, 3.05) is 0 Å². The summed E-state index contributed by atoms with van der Waals surface area (Å²) < 4.78 is 33.5. The number of rotatable bonds is 6. The molecule has 0 amide bonds. The van der Waals surface area contributed by atoms with Crippen LogP contribution in [0.5, 0.6) is 0 Å². The smallest absolute Gasteiger partial charge is 0.265 e. The first-order valence-electron chi connectivity index (χ1n) is 6.15. The summed E-state index contributed by atoms with van der Waals surface area (Å²) in [5.41, 5.74) is 0. The number of pyridine rings is 1. The van der Waals surface area contributed by atoms with Crippen molar-refractivity contribution >= 4 is 10.4 Å². The molecule has 0 aliphatic rings. The monoisotopic (exact) mass is 287 g/mol. The number of hydrogen-bond donors (Lipinski definition) is 1. The van der Waals surface area contributed by atoms with Gasteiger partial charge in [0.05, 0.1) is 6.10 Å². The summed E-state index contributed by atoms with van der Waals surface area (Å²) in [5.74, 6) is 0. The molecule has 5 nitrogen and oxygen atoms in total. The van der Waals surface area contributed by atoms with Crippen molar-refractivity contribution in [3.8, 4) is 0 Å². The summed E-state index contributed by atoms with van der Waals surface area (Å²) in [6, 6.07) is 5.72. The van der Waals surface area contributed by atoms with E-state index in [0.29, 0.717) is 12.8 Å². The molecule has 0 spiro atoms. The largest absolute Gasteiger partial charge is 0.397 e. The summed E-state index contributed by atoms with van der Waals surface area (Å²) in [6.07, 6.45) is 8.77. The van der Waals surface area contributed by atoms with Gasteiger partial charge in [-0.1, -0.05) is 32.1 Å². The van der Waals surface area contributed by atoms with Crippen LogP contribution in [0.3, 0.4) is 0 Å². The Labute approximate surface area is 115 Å². The number of allylic oxidation sites excluding steroid dienone is 1. The average molecular weight is 287 g/mol. The van der Waals surface area contributed by atoms with Gasteiger partial charge in [-0.05, 0) is 31.4 Å². The second-order valence-corrected chi connectivity index (χ2v) is 4.74. The highest BCUT2D eigenvalue weighted by Crippen LogP contribution is 2.07. The second kappa shape index (κ2) is 10.7. The molecule has 6 heteroatoms. The van der Waals surface area contributed by atoms with E-state index in [-0.39, 0.29) is 0 Å². The van der Waals surface area contributed by atoms with Crippen LogP contribution in [0.15, 0.2) is 42.7 Å². The molecule has 1 N–H and O–H groups in total. The lowest BCUT2D eigenvalue weighted by Gasteiger charge is -2.09. The molecule has 1 aromatic rings.